The molecule has 0 heterocycles. The number of nitrogens with zero attached hydrogens (tertiary/aromatic N) is 1. The molecule has 0 aromatic heterocycles. The van der Waals surface area contributed by atoms with Crippen molar-refractivity contribution in [3.63, 3.8) is 0 Å². The van der Waals surface area contributed by atoms with Gasteiger partial charge in [-0.05, 0) is 30.0 Å². The van der Waals surface area contributed by atoms with Crippen LogP contribution in [0.15, 0.2) is 42.5 Å². The quantitative estimate of drug-likeness (QED) is 0.680. The van der Waals surface area contributed by atoms with Crippen molar-refractivity contribution in [1.29, 1.82) is 0 Å². The molecule has 0 aliphatic carbocycles. The molecule has 110 valence electrons. The van der Waals surface area contributed by atoms with Crippen LogP contribution < -0.4 is 5.73 Å². The number of nitro benzene ring substituents is 1. The maximum atomic E-state index is 13.9. The highest BCUT2D eigenvalue weighted by atomic mass is 19.1. The summed E-state index contributed by atoms with van der Waals surface area (Å²) < 4.78 is 27.4. The number of hydrogen-bond acceptors (Lipinski definition) is 3. The van der Waals surface area contributed by atoms with E-state index in [1.807, 2.05) is 0 Å². The Bertz CT molecular complexity index is 662. The van der Waals surface area contributed by atoms with Gasteiger partial charge < -0.3 is 5.73 Å². The van der Waals surface area contributed by atoms with Gasteiger partial charge in [0.2, 0.25) is 5.82 Å². The third-order valence-electron chi connectivity index (χ3n) is 3.18. The lowest BCUT2D eigenvalue weighted by Crippen LogP contribution is -2.26. The van der Waals surface area contributed by atoms with Gasteiger partial charge in [-0.25, -0.2) is 4.39 Å². The van der Waals surface area contributed by atoms with Gasteiger partial charge in [0.25, 0.3) is 0 Å². The molecule has 1 atom stereocenters. The van der Waals surface area contributed by atoms with Crippen molar-refractivity contribution in [2.45, 2.75) is 18.9 Å². The lowest BCUT2D eigenvalue weighted by molar-refractivity contribution is -0.387. The van der Waals surface area contributed by atoms with Crippen molar-refractivity contribution in [3.05, 3.63) is 75.3 Å². The summed E-state index contributed by atoms with van der Waals surface area (Å²) in [4.78, 5) is 9.90. The van der Waals surface area contributed by atoms with Gasteiger partial charge >= 0.3 is 5.69 Å². The Kier molecular flexibility index (Phi) is 4.59. The molecular weight excluding hydrogens is 278 g/mol. The van der Waals surface area contributed by atoms with Crippen molar-refractivity contribution < 1.29 is 13.7 Å². The van der Waals surface area contributed by atoms with Crippen molar-refractivity contribution in [1.82, 2.24) is 0 Å². The van der Waals surface area contributed by atoms with Crippen LogP contribution >= 0.6 is 0 Å². The SMILES string of the molecule is NC(Cc1ccccc1F)Cc1cccc([N+](=O)[O-])c1F. The second-order valence-corrected chi connectivity index (χ2v) is 4.77. The van der Waals surface area contributed by atoms with Gasteiger partial charge in [0, 0.05) is 12.1 Å². The third-order valence-corrected chi connectivity index (χ3v) is 3.18. The van der Waals surface area contributed by atoms with Crippen LogP contribution in [0.25, 0.3) is 0 Å². The summed E-state index contributed by atoms with van der Waals surface area (Å²) in [6.07, 6.45) is 0.330. The largest absolute Gasteiger partial charge is 0.327 e. The van der Waals surface area contributed by atoms with Gasteiger partial charge in [-0.3, -0.25) is 10.1 Å². The Morgan fingerprint density at radius 3 is 2.33 bits per heavy atom. The molecule has 2 aromatic carbocycles. The Hall–Kier alpha value is -2.34. The molecule has 6 heteroatoms. The number of hydrogen-bond donors (Lipinski definition) is 1. The van der Waals surface area contributed by atoms with Gasteiger partial charge in [0.1, 0.15) is 5.82 Å². The van der Waals surface area contributed by atoms with E-state index in [4.69, 9.17) is 5.73 Å². The second kappa shape index (κ2) is 6.41. The zero-order valence-corrected chi connectivity index (χ0v) is 11.1. The second-order valence-electron chi connectivity index (χ2n) is 4.77. The zero-order valence-electron chi connectivity index (χ0n) is 11.1. The molecule has 0 saturated heterocycles. The molecular formula is C15H14F2N2O2. The van der Waals surface area contributed by atoms with Gasteiger partial charge in [-0.15, -0.1) is 0 Å². The number of benzene rings is 2. The Balaban J connectivity index is 2.13. The van der Waals surface area contributed by atoms with Crippen LogP contribution in [0.5, 0.6) is 0 Å². The summed E-state index contributed by atoms with van der Waals surface area (Å²) >= 11 is 0. The highest BCUT2D eigenvalue weighted by Crippen LogP contribution is 2.21. The summed E-state index contributed by atoms with van der Waals surface area (Å²) in [7, 11) is 0. The lowest BCUT2D eigenvalue weighted by Gasteiger charge is -2.13. The van der Waals surface area contributed by atoms with Gasteiger partial charge in [0.05, 0.1) is 4.92 Å². The molecule has 0 saturated carbocycles. The topological polar surface area (TPSA) is 69.2 Å². The third kappa shape index (κ3) is 3.61. The first-order valence-electron chi connectivity index (χ1n) is 6.40. The molecule has 0 spiro atoms. The van der Waals surface area contributed by atoms with Crippen molar-refractivity contribution in [3.8, 4) is 0 Å². The number of nitrogens with two attached hydrogens (primary N) is 1. The zero-order chi connectivity index (χ0) is 15.4. The minimum atomic E-state index is -0.883. The van der Waals surface area contributed by atoms with E-state index in [9.17, 15) is 18.9 Å². The smallest absolute Gasteiger partial charge is 0.305 e. The number of rotatable bonds is 5. The van der Waals surface area contributed by atoms with E-state index in [1.165, 1.54) is 18.2 Å². The van der Waals surface area contributed by atoms with Crippen molar-refractivity contribution >= 4 is 5.69 Å². The number of halogens is 2. The predicted octanol–water partition coefficient (Wildman–Crippen LogP) is 2.99. The van der Waals surface area contributed by atoms with Gasteiger partial charge in [0.15, 0.2) is 0 Å². The van der Waals surface area contributed by atoms with E-state index in [1.54, 1.807) is 18.2 Å². The Labute approximate surface area is 120 Å². The van der Waals surface area contributed by atoms with Gasteiger partial charge in [-0.1, -0.05) is 30.3 Å². The molecule has 0 radical (unpaired) electrons. The fraction of sp³-hybridized carbons (Fsp3) is 0.200. The Morgan fingerprint density at radius 2 is 1.67 bits per heavy atom. The molecule has 0 aliphatic rings. The average Bonchev–Trinajstić information content (AvgIpc) is 2.43. The molecule has 2 aromatic rings. The monoisotopic (exact) mass is 292 g/mol. The standard InChI is InChI=1S/C15H14F2N2O2/c16-13-6-2-1-4-10(13)8-12(18)9-11-5-3-7-14(15(11)17)19(20)21/h1-7,12H,8-9,18H2. The molecule has 2 N–H and O–H groups in total. The summed E-state index contributed by atoms with van der Waals surface area (Å²) in [5, 5.41) is 10.7. The normalized spacial score (nSPS) is 12.1. The fourth-order valence-corrected chi connectivity index (χ4v) is 2.17. The minimum absolute atomic E-state index is 0.0991. The van der Waals surface area contributed by atoms with Crippen LogP contribution in [0.2, 0.25) is 0 Å². The Morgan fingerprint density at radius 1 is 1.05 bits per heavy atom. The van der Waals surface area contributed by atoms with E-state index in [-0.39, 0.29) is 24.2 Å². The molecule has 0 bridgehead atoms. The summed E-state index contributed by atoms with van der Waals surface area (Å²) in [5.41, 5.74) is 5.92. The highest BCUT2D eigenvalue weighted by molar-refractivity contribution is 5.37. The van der Waals surface area contributed by atoms with Crippen LogP contribution in [-0.4, -0.2) is 11.0 Å². The van der Waals surface area contributed by atoms with E-state index in [0.717, 1.165) is 6.07 Å². The lowest BCUT2D eigenvalue weighted by atomic mass is 9.99. The fourth-order valence-electron chi connectivity index (χ4n) is 2.17. The van der Waals surface area contributed by atoms with Crippen molar-refractivity contribution in [2.24, 2.45) is 5.73 Å². The highest BCUT2D eigenvalue weighted by Gasteiger charge is 2.19. The molecule has 4 nitrogen and oxygen atoms in total. The maximum absolute atomic E-state index is 13.9. The first-order chi connectivity index (χ1) is 9.99. The summed E-state index contributed by atoms with van der Waals surface area (Å²) in [6.45, 7) is 0. The average molecular weight is 292 g/mol. The first-order valence-corrected chi connectivity index (χ1v) is 6.40. The maximum Gasteiger partial charge on any atom is 0.305 e. The van der Waals surface area contributed by atoms with E-state index in [0.29, 0.717) is 5.56 Å². The molecule has 2 rings (SSSR count). The van der Waals surface area contributed by atoms with E-state index >= 15 is 0 Å². The summed E-state index contributed by atoms with van der Waals surface area (Å²) in [5.74, 6) is -1.25. The summed E-state index contributed by atoms with van der Waals surface area (Å²) in [6, 6.07) is 9.63. The van der Waals surface area contributed by atoms with Crippen molar-refractivity contribution in [2.75, 3.05) is 0 Å². The van der Waals surface area contributed by atoms with E-state index < -0.39 is 22.5 Å². The number of nitro groups is 1. The molecule has 0 amide bonds. The van der Waals surface area contributed by atoms with Crippen LogP contribution in [0.4, 0.5) is 14.5 Å². The predicted molar refractivity (Wildman–Crippen MR) is 74.8 cm³/mol. The molecule has 1 unspecified atom stereocenters. The molecule has 21 heavy (non-hydrogen) atoms. The minimum Gasteiger partial charge on any atom is -0.327 e. The van der Waals surface area contributed by atoms with Gasteiger partial charge in [-0.2, -0.15) is 4.39 Å². The van der Waals surface area contributed by atoms with Crippen LogP contribution in [0, 0.1) is 21.7 Å². The molecule has 0 aliphatic heterocycles. The van der Waals surface area contributed by atoms with Crippen LogP contribution in [0.1, 0.15) is 11.1 Å². The first kappa shape index (κ1) is 15.1. The van der Waals surface area contributed by atoms with E-state index in [2.05, 4.69) is 0 Å². The van der Waals surface area contributed by atoms with Crippen LogP contribution in [0.3, 0.4) is 0 Å². The molecule has 0 fully saturated rings. The van der Waals surface area contributed by atoms with Crippen LogP contribution in [-0.2, 0) is 12.8 Å².